The zero-order valence-corrected chi connectivity index (χ0v) is 7.97. The van der Waals surface area contributed by atoms with Gasteiger partial charge in [-0.25, -0.2) is 4.98 Å². The van der Waals surface area contributed by atoms with Crippen molar-refractivity contribution in [3.63, 3.8) is 0 Å². The molecular weight excluding hydrogens is 222 g/mol. The van der Waals surface area contributed by atoms with Gasteiger partial charge in [-0.05, 0) is 22.0 Å². The number of nitrogens with zero attached hydrogens (tertiary/aromatic N) is 1. The van der Waals surface area contributed by atoms with Crippen molar-refractivity contribution in [3.8, 4) is 5.75 Å². The van der Waals surface area contributed by atoms with Crippen molar-refractivity contribution < 1.29 is 9.84 Å². The first-order valence-electron chi connectivity index (χ1n) is 3.73. The van der Waals surface area contributed by atoms with Crippen LogP contribution in [0.3, 0.4) is 0 Å². The number of pyridine rings is 1. The van der Waals surface area contributed by atoms with Gasteiger partial charge in [0.15, 0.2) is 0 Å². The Morgan fingerprint density at radius 2 is 2.50 bits per heavy atom. The summed E-state index contributed by atoms with van der Waals surface area (Å²) < 4.78 is 6.02. The first-order chi connectivity index (χ1) is 5.81. The molecule has 4 heteroatoms. The number of aliphatic hydroxyl groups is 1. The number of hydrogen-bond acceptors (Lipinski definition) is 3. The summed E-state index contributed by atoms with van der Waals surface area (Å²) in [4.78, 5) is 4.26. The van der Waals surface area contributed by atoms with E-state index in [4.69, 9.17) is 9.84 Å². The molecule has 0 saturated heterocycles. The molecule has 0 atom stereocenters. The Morgan fingerprint density at radius 3 is 3.25 bits per heavy atom. The topological polar surface area (TPSA) is 42.4 Å². The minimum Gasteiger partial charge on any atom is -0.491 e. The van der Waals surface area contributed by atoms with Crippen LogP contribution in [-0.2, 0) is 13.0 Å². The Labute approximate surface area is 78.5 Å². The summed E-state index contributed by atoms with van der Waals surface area (Å²) in [5.41, 5.74) is 1.75. The van der Waals surface area contributed by atoms with E-state index in [1.165, 1.54) is 0 Å². The zero-order chi connectivity index (χ0) is 8.55. The first kappa shape index (κ1) is 8.01. The molecule has 0 bridgehead atoms. The van der Waals surface area contributed by atoms with Gasteiger partial charge in [-0.3, -0.25) is 0 Å². The highest BCUT2D eigenvalue weighted by Crippen LogP contribution is 2.28. The van der Waals surface area contributed by atoms with Crippen LogP contribution in [-0.4, -0.2) is 16.7 Å². The van der Waals surface area contributed by atoms with Crippen molar-refractivity contribution >= 4 is 15.9 Å². The standard InChI is InChI=1S/C8H8BrNO2/c9-8-5(4-11)3-7-6(10-8)1-2-12-7/h3,11H,1-2,4H2. The molecule has 0 radical (unpaired) electrons. The molecule has 0 aliphatic carbocycles. The summed E-state index contributed by atoms with van der Waals surface area (Å²) in [6.07, 6.45) is 0.861. The van der Waals surface area contributed by atoms with Crippen molar-refractivity contribution in [1.29, 1.82) is 0 Å². The highest BCUT2D eigenvalue weighted by molar-refractivity contribution is 9.10. The van der Waals surface area contributed by atoms with Crippen LogP contribution in [0.2, 0.25) is 0 Å². The second-order valence-corrected chi connectivity index (χ2v) is 3.39. The second kappa shape index (κ2) is 3.03. The monoisotopic (exact) mass is 229 g/mol. The van der Waals surface area contributed by atoms with E-state index in [0.717, 1.165) is 23.4 Å². The van der Waals surface area contributed by atoms with E-state index in [1.54, 1.807) is 0 Å². The molecule has 12 heavy (non-hydrogen) atoms. The van der Waals surface area contributed by atoms with Crippen LogP contribution in [0.5, 0.6) is 5.75 Å². The average molecular weight is 230 g/mol. The van der Waals surface area contributed by atoms with E-state index in [1.807, 2.05) is 6.07 Å². The molecule has 0 saturated carbocycles. The number of halogens is 1. The molecule has 0 amide bonds. The zero-order valence-electron chi connectivity index (χ0n) is 6.38. The van der Waals surface area contributed by atoms with Gasteiger partial charge in [0, 0.05) is 12.0 Å². The van der Waals surface area contributed by atoms with Gasteiger partial charge in [-0.2, -0.15) is 0 Å². The lowest BCUT2D eigenvalue weighted by Crippen LogP contribution is -1.92. The molecule has 1 aromatic rings. The van der Waals surface area contributed by atoms with Crippen molar-refractivity contribution in [2.45, 2.75) is 13.0 Å². The first-order valence-corrected chi connectivity index (χ1v) is 4.52. The van der Waals surface area contributed by atoms with Crippen LogP contribution in [0.4, 0.5) is 0 Å². The quantitative estimate of drug-likeness (QED) is 0.738. The molecule has 1 aromatic heterocycles. The molecule has 2 heterocycles. The van der Waals surface area contributed by atoms with E-state index < -0.39 is 0 Å². The molecular formula is C8H8BrNO2. The summed E-state index contributed by atoms with van der Waals surface area (Å²) in [6.45, 7) is 0.688. The minimum absolute atomic E-state index is 0.00970. The fourth-order valence-corrected chi connectivity index (χ4v) is 1.67. The lowest BCUT2D eigenvalue weighted by atomic mass is 10.2. The average Bonchev–Trinajstić information content (AvgIpc) is 2.49. The van der Waals surface area contributed by atoms with Gasteiger partial charge in [0.25, 0.3) is 0 Å². The number of fused-ring (bicyclic) bond motifs is 1. The number of aliphatic hydroxyl groups excluding tert-OH is 1. The van der Waals surface area contributed by atoms with Crippen molar-refractivity contribution in [1.82, 2.24) is 4.98 Å². The predicted molar refractivity (Wildman–Crippen MR) is 47.1 cm³/mol. The third-order valence-corrected chi connectivity index (χ3v) is 2.54. The fourth-order valence-electron chi connectivity index (χ4n) is 1.22. The van der Waals surface area contributed by atoms with Gasteiger partial charge in [0.05, 0.1) is 18.9 Å². The lowest BCUT2D eigenvalue weighted by molar-refractivity contribution is 0.279. The third-order valence-electron chi connectivity index (χ3n) is 1.85. The van der Waals surface area contributed by atoms with Crippen LogP contribution in [0.25, 0.3) is 0 Å². The van der Waals surface area contributed by atoms with E-state index >= 15 is 0 Å². The van der Waals surface area contributed by atoms with Crippen molar-refractivity contribution in [2.75, 3.05) is 6.61 Å². The molecule has 2 rings (SSSR count). The summed E-state index contributed by atoms with van der Waals surface area (Å²) >= 11 is 3.28. The summed E-state index contributed by atoms with van der Waals surface area (Å²) in [5.74, 6) is 0.808. The molecule has 1 N–H and O–H groups in total. The predicted octanol–water partition coefficient (Wildman–Crippen LogP) is 1.27. The largest absolute Gasteiger partial charge is 0.491 e. The van der Waals surface area contributed by atoms with Gasteiger partial charge >= 0.3 is 0 Å². The number of aromatic nitrogens is 1. The number of rotatable bonds is 1. The van der Waals surface area contributed by atoms with Crippen LogP contribution in [0, 0.1) is 0 Å². The molecule has 3 nitrogen and oxygen atoms in total. The van der Waals surface area contributed by atoms with Gasteiger partial charge in [-0.1, -0.05) is 0 Å². The minimum atomic E-state index is -0.00970. The maximum absolute atomic E-state index is 8.92. The highest BCUT2D eigenvalue weighted by atomic mass is 79.9. The van der Waals surface area contributed by atoms with Crippen LogP contribution >= 0.6 is 15.9 Å². The summed E-state index contributed by atoms with van der Waals surface area (Å²) in [6, 6.07) is 1.83. The van der Waals surface area contributed by atoms with Crippen molar-refractivity contribution in [2.24, 2.45) is 0 Å². The number of hydrogen-bond donors (Lipinski definition) is 1. The maximum atomic E-state index is 8.92. The second-order valence-electron chi connectivity index (χ2n) is 2.64. The van der Waals surface area contributed by atoms with Crippen molar-refractivity contribution in [3.05, 3.63) is 21.9 Å². The van der Waals surface area contributed by atoms with E-state index in [2.05, 4.69) is 20.9 Å². The van der Waals surface area contributed by atoms with Gasteiger partial charge in [0.2, 0.25) is 0 Å². The van der Waals surface area contributed by atoms with Crippen LogP contribution in [0.15, 0.2) is 10.7 Å². The Hall–Kier alpha value is -0.610. The Balaban J connectivity index is 2.49. The Kier molecular flexibility index (Phi) is 2.02. The molecule has 1 aliphatic heterocycles. The van der Waals surface area contributed by atoms with E-state index in [0.29, 0.717) is 11.2 Å². The number of ether oxygens (including phenoxy) is 1. The lowest BCUT2D eigenvalue weighted by Gasteiger charge is -2.02. The Morgan fingerprint density at radius 1 is 1.67 bits per heavy atom. The SMILES string of the molecule is OCc1cc2c(nc1Br)CCO2. The molecule has 0 fully saturated rings. The van der Waals surface area contributed by atoms with Gasteiger partial charge in [0.1, 0.15) is 10.4 Å². The van der Waals surface area contributed by atoms with Gasteiger partial charge in [-0.15, -0.1) is 0 Å². The third kappa shape index (κ3) is 1.21. The molecule has 0 spiro atoms. The highest BCUT2D eigenvalue weighted by Gasteiger charge is 2.15. The molecule has 0 aromatic carbocycles. The molecule has 64 valence electrons. The maximum Gasteiger partial charge on any atom is 0.141 e. The molecule has 0 unspecified atom stereocenters. The Bertz CT molecular complexity index is 313. The normalized spacial score (nSPS) is 14.2. The summed E-state index contributed by atoms with van der Waals surface area (Å²) in [5, 5.41) is 8.92. The summed E-state index contributed by atoms with van der Waals surface area (Å²) in [7, 11) is 0. The molecule has 1 aliphatic rings. The van der Waals surface area contributed by atoms with E-state index in [-0.39, 0.29) is 6.61 Å². The fraction of sp³-hybridized carbons (Fsp3) is 0.375. The van der Waals surface area contributed by atoms with Gasteiger partial charge < -0.3 is 9.84 Å². The smallest absolute Gasteiger partial charge is 0.141 e. The van der Waals surface area contributed by atoms with E-state index in [9.17, 15) is 0 Å². The van der Waals surface area contributed by atoms with Crippen LogP contribution in [0.1, 0.15) is 11.3 Å². The van der Waals surface area contributed by atoms with Crippen LogP contribution < -0.4 is 4.74 Å².